The monoisotopic (exact) mass is 108 g/mol. The minimum absolute atomic E-state index is 0.964. The fourth-order valence-corrected chi connectivity index (χ4v) is 0.365. The number of hydrogen-bond acceptors (Lipinski definition) is 0. The molecule has 0 fully saturated rings. The second-order valence-corrected chi connectivity index (χ2v) is 1.83. The zero-order chi connectivity index (χ0) is 6.41. The summed E-state index contributed by atoms with van der Waals surface area (Å²) < 4.78 is 0. The molecule has 0 heterocycles. The molecule has 0 N–H and O–H groups in total. The molecule has 0 aromatic heterocycles. The lowest BCUT2D eigenvalue weighted by molar-refractivity contribution is 1.23. The highest BCUT2D eigenvalue weighted by Gasteiger charge is 1.74. The van der Waals surface area contributed by atoms with E-state index in [2.05, 4.69) is 13.2 Å². The van der Waals surface area contributed by atoms with Gasteiger partial charge < -0.3 is 0 Å². The van der Waals surface area contributed by atoms with E-state index in [1.54, 1.807) is 6.08 Å². The van der Waals surface area contributed by atoms with Gasteiger partial charge in [-0.1, -0.05) is 37.0 Å². The zero-order valence-electron chi connectivity index (χ0n) is 5.35. The van der Waals surface area contributed by atoms with E-state index in [1.165, 1.54) is 5.57 Å². The molecule has 8 heavy (non-hydrogen) atoms. The first kappa shape index (κ1) is 7.22. The summed E-state index contributed by atoms with van der Waals surface area (Å²) in [4.78, 5) is 0. The van der Waals surface area contributed by atoms with E-state index in [9.17, 15) is 0 Å². The van der Waals surface area contributed by atoms with Crippen molar-refractivity contribution < 1.29 is 0 Å². The molecule has 0 unspecified atom stereocenters. The summed E-state index contributed by atoms with van der Waals surface area (Å²) >= 11 is 0. The lowest BCUT2D eigenvalue weighted by atomic mass is 10.2. The minimum atomic E-state index is 0.964. The molecule has 0 saturated heterocycles. The fourth-order valence-electron chi connectivity index (χ4n) is 0.365. The van der Waals surface area contributed by atoms with Crippen LogP contribution in [0.25, 0.3) is 0 Å². The molecule has 0 aliphatic carbocycles. The summed E-state index contributed by atoms with van der Waals surface area (Å²) in [5, 5.41) is 0. The Labute approximate surface area is 51.2 Å². The average molecular weight is 108 g/mol. The van der Waals surface area contributed by atoms with E-state index in [1.807, 2.05) is 19.1 Å². The van der Waals surface area contributed by atoms with Crippen LogP contribution in [0.3, 0.4) is 0 Å². The highest BCUT2D eigenvalue weighted by Crippen LogP contribution is 1.95. The maximum absolute atomic E-state index is 3.74. The van der Waals surface area contributed by atoms with Crippen LogP contribution < -0.4 is 0 Å². The third-order valence-electron chi connectivity index (χ3n) is 0.738. The Kier molecular flexibility index (Phi) is 3.95. The number of rotatable bonds is 3. The van der Waals surface area contributed by atoms with Crippen LogP contribution in [-0.2, 0) is 0 Å². The molecule has 0 radical (unpaired) electrons. The van der Waals surface area contributed by atoms with E-state index >= 15 is 0 Å². The highest BCUT2D eigenvalue weighted by atomic mass is 13.8. The Hall–Kier alpha value is -0.780. The van der Waals surface area contributed by atoms with Crippen LogP contribution in [0.1, 0.15) is 13.3 Å². The summed E-state index contributed by atoms with van der Waals surface area (Å²) in [7, 11) is 0. The lowest BCUT2D eigenvalue weighted by Crippen LogP contribution is -1.64. The first-order valence-corrected chi connectivity index (χ1v) is 2.69. The quantitative estimate of drug-likeness (QED) is 0.385. The first-order valence-electron chi connectivity index (χ1n) is 2.69. The van der Waals surface area contributed by atoms with Crippen molar-refractivity contribution in [1.29, 1.82) is 0 Å². The second-order valence-electron chi connectivity index (χ2n) is 1.83. The maximum Gasteiger partial charge on any atom is -0.0141 e. The van der Waals surface area contributed by atoms with Crippen molar-refractivity contribution in [2.75, 3.05) is 0 Å². The van der Waals surface area contributed by atoms with Crippen LogP contribution in [-0.4, -0.2) is 0 Å². The maximum atomic E-state index is 3.74. The van der Waals surface area contributed by atoms with E-state index in [-0.39, 0.29) is 0 Å². The van der Waals surface area contributed by atoms with Gasteiger partial charge in [-0.05, 0) is 13.3 Å². The van der Waals surface area contributed by atoms with Crippen molar-refractivity contribution >= 4 is 0 Å². The Morgan fingerprint density at radius 1 is 1.62 bits per heavy atom. The minimum Gasteiger partial charge on any atom is -0.0998 e. The van der Waals surface area contributed by atoms with Crippen LogP contribution >= 0.6 is 0 Å². The summed E-state index contributed by atoms with van der Waals surface area (Å²) in [6.45, 7) is 9.29. The zero-order valence-corrected chi connectivity index (χ0v) is 5.35. The highest BCUT2D eigenvalue weighted by molar-refractivity contribution is 5.04. The summed E-state index contributed by atoms with van der Waals surface area (Å²) in [6.07, 6.45) is 6.69. The molecule has 0 saturated carbocycles. The Morgan fingerprint density at radius 3 is 2.62 bits per heavy atom. The number of hydrogen-bond donors (Lipinski definition) is 0. The molecule has 0 amide bonds. The lowest BCUT2D eigenvalue weighted by Gasteiger charge is -1.85. The van der Waals surface area contributed by atoms with Crippen LogP contribution in [0.5, 0.6) is 0 Å². The molecule has 0 aromatic rings. The first-order chi connectivity index (χ1) is 3.77. The average Bonchev–Trinajstić information content (AvgIpc) is 1.66. The van der Waals surface area contributed by atoms with Gasteiger partial charge in [0.2, 0.25) is 0 Å². The molecule has 0 heteroatoms. The van der Waals surface area contributed by atoms with Crippen molar-refractivity contribution in [3.63, 3.8) is 0 Å². The standard InChI is InChI=1S/C8H12/c1-4-5-6-7-8(2)3/h4-6H,1-2,7H2,3H3/b6-5-. The predicted molar refractivity (Wildman–Crippen MR) is 38.8 cm³/mol. The fraction of sp³-hybridized carbons (Fsp3) is 0.250. The van der Waals surface area contributed by atoms with Crippen LogP contribution in [0.2, 0.25) is 0 Å². The number of allylic oxidation sites excluding steroid dienone is 4. The van der Waals surface area contributed by atoms with Crippen molar-refractivity contribution in [2.45, 2.75) is 13.3 Å². The van der Waals surface area contributed by atoms with Gasteiger partial charge in [0, 0.05) is 0 Å². The molecule has 0 aromatic carbocycles. The molecule has 0 nitrogen and oxygen atoms in total. The molecule has 0 spiro atoms. The molecule has 0 rings (SSSR count). The van der Waals surface area contributed by atoms with E-state index in [4.69, 9.17) is 0 Å². The van der Waals surface area contributed by atoms with Crippen LogP contribution in [0.4, 0.5) is 0 Å². The van der Waals surface area contributed by atoms with Gasteiger partial charge in [-0.2, -0.15) is 0 Å². The van der Waals surface area contributed by atoms with Gasteiger partial charge >= 0.3 is 0 Å². The smallest absolute Gasteiger partial charge is 0.0141 e. The van der Waals surface area contributed by atoms with Gasteiger partial charge in [-0.25, -0.2) is 0 Å². The SMILES string of the molecule is C=C/C=C\CC(=C)C. The Balaban J connectivity index is 3.29. The van der Waals surface area contributed by atoms with Gasteiger partial charge in [-0.15, -0.1) is 0 Å². The molecule has 0 atom stereocenters. The van der Waals surface area contributed by atoms with Gasteiger partial charge in [0.1, 0.15) is 0 Å². The molecule has 0 aliphatic rings. The second kappa shape index (κ2) is 4.38. The summed E-state index contributed by atoms with van der Waals surface area (Å²) in [6, 6.07) is 0. The summed E-state index contributed by atoms with van der Waals surface area (Å²) in [5.41, 5.74) is 1.18. The van der Waals surface area contributed by atoms with Crippen LogP contribution in [0.15, 0.2) is 37.0 Å². The largest absolute Gasteiger partial charge is 0.0998 e. The van der Waals surface area contributed by atoms with Crippen molar-refractivity contribution in [3.8, 4) is 0 Å². The Morgan fingerprint density at radius 2 is 2.25 bits per heavy atom. The topological polar surface area (TPSA) is 0 Å². The van der Waals surface area contributed by atoms with Gasteiger partial charge in [0.05, 0.1) is 0 Å². The third kappa shape index (κ3) is 5.22. The van der Waals surface area contributed by atoms with Crippen molar-refractivity contribution in [3.05, 3.63) is 37.0 Å². The van der Waals surface area contributed by atoms with Gasteiger partial charge in [0.25, 0.3) is 0 Å². The Bertz CT molecular complexity index is 107. The predicted octanol–water partition coefficient (Wildman–Crippen LogP) is 2.69. The molecule has 0 aliphatic heterocycles. The van der Waals surface area contributed by atoms with Crippen LogP contribution in [0, 0.1) is 0 Å². The molecule has 44 valence electrons. The molecular weight excluding hydrogens is 96.1 g/mol. The molecular formula is C8H12. The molecule has 0 bridgehead atoms. The van der Waals surface area contributed by atoms with E-state index < -0.39 is 0 Å². The van der Waals surface area contributed by atoms with Gasteiger partial charge in [-0.3, -0.25) is 0 Å². The van der Waals surface area contributed by atoms with E-state index in [0.29, 0.717) is 0 Å². The van der Waals surface area contributed by atoms with Crippen molar-refractivity contribution in [2.24, 2.45) is 0 Å². The van der Waals surface area contributed by atoms with Gasteiger partial charge in [0.15, 0.2) is 0 Å². The third-order valence-corrected chi connectivity index (χ3v) is 0.738. The van der Waals surface area contributed by atoms with Crippen molar-refractivity contribution in [1.82, 2.24) is 0 Å². The normalized spacial score (nSPS) is 9.62. The van der Waals surface area contributed by atoms with E-state index in [0.717, 1.165) is 6.42 Å². The summed E-state index contributed by atoms with van der Waals surface area (Å²) in [5.74, 6) is 0.